The second-order valence-corrected chi connectivity index (χ2v) is 7.15. The van der Waals surface area contributed by atoms with Crippen molar-refractivity contribution in [1.29, 1.82) is 5.26 Å². The lowest BCUT2D eigenvalue weighted by Gasteiger charge is -2.01. The second-order valence-electron chi connectivity index (χ2n) is 6.03. The van der Waals surface area contributed by atoms with Crippen molar-refractivity contribution in [2.45, 2.75) is 0 Å². The van der Waals surface area contributed by atoms with Gasteiger partial charge in [-0.3, -0.25) is 0 Å². The van der Waals surface area contributed by atoms with Crippen molar-refractivity contribution in [2.75, 3.05) is 0 Å². The maximum Gasteiger partial charge on any atom is 0.346 e. The van der Waals surface area contributed by atoms with Crippen LogP contribution in [0.4, 0.5) is 0 Å². The first kappa shape index (κ1) is 18.3. The summed E-state index contributed by atoms with van der Waals surface area (Å²) in [5, 5.41) is 26.0. The Morgan fingerprint density at radius 3 is 2.28 bits per heavy atom. The van der Waals surface area contributed by atoms with Crippen LogP contribution < -0.4 is 0 Å². The summed E-state index contributed by atoms with van der Waals surface area (Å²) in [5.41, 5.74) is 2.69. The number of aliphatic carboxylic acids is 1. The molecule has 140 valence electrons. The summed E-state index contributed by atoms with van der Waals surface area (Å²) in [7, 11) is 0. The molecule has 0 bridgehead atoms. The van der Waals surface area contributed by atoms with Gasteiger partial charge in [-0.2, -0.15) is 5.26 Å². The highest BCUT2D eigenvalue weighted by Gasteiger charge is 2.13. The van der Waals surface area contributed by atoms with Gasteiger partial charge in [-0.25, -0.2) is 4.79 Å². The first-order valence-electron chi connectivity index (χ1n) is 8.59. The van der Waals surface area contributed by atoms with Crippen LogP contribution in [0.25, 0.3) is 39.4 Å². The fourth-order valence-electron chi connectivity index (χ4n) is 2.70. The Morgan fingerprint density at radius 1 is 0.931 bits per heavy atom. The minimum absolute atomic E-state index is 0.330. The third kappa shape index (κ3) is 3.98. The van der Waals surface area contributed by atoms with Gasteiger partial charge in [0.1, 0.15) is 11.6 Å². The van der Waals surface area contributed by atoms with Gasteiger partial charge in [0.15, 0.2) is 0 Å². The summed E-state index contributed by atoms with van der Waals surface area (Å²) in [5.74, 6) is -0.527. The molecule has 0 spiro atoms. The van der Waals surface area contributed by atoms with E-state index in [0.717, 1.165) is 16.7 Å². The molecule has 0 saturated carbocycles. The average molecular weight is 399 g/mol. The molecule has 0 aliphatic carbocycles. The maximum atomic E-state index is 11.0. The van der Waals surface area contributed by atoms with Crippen LogP contribution in [0.15, 0.2) is 76.7 Å². The lowest BCUT2D eigenvalue weighted by molar-refractivity contribution is -0.132. The molecule has 1 N–H and O–H groups in total. The van der Waals surface area contributed by atoms with Gasteiger partial charge in [-0.15, -0.1) is 21.5 Å². The minimum Gasteiger partial charge on any atom is -0.477 e. The molecule has 0 amide bonds. The van der Waals surface area contributed by atoms with E-state index in [1.54, 1.807) is 18.2 Å². The number of hydrogen-bond acceptors (Lipinski definition) is 6. The molecule has 4 aromatic rings. The zero-order chi connectivity index (χ0) is 20.2. The van der Waals surface area contributed by atoms with E-state index in [1.165, 1.54) is 17.4 Å². The Hall–Kier alpha value is -4.02. The molecule has 2 aromatic heterocycles. The molecule has 2 heterocycles. The van der Waals surface area contributed by atoms with Crippen molar-refractivity contribution < 1.29 is 14.3 Å². The summed E-state index contributed by atoms with van der Waals surface area (Å²) in [4.78, 5) is 12.3. The Kier molecular flexibility index (Phi) is 5.01. The molecule has 0 unspecified atom stereocenters. The number of carbonyl (C=O) groups is 1. The summed E-state index contributed by atoms with van der Waals surface area (Å²) in [6.45, 7) is 0. The Bertz CT molecular complexity index is 1230. The second kappa shape index (κ2) is 7.92. The smallest absolute Gasteiger partial charge is 0.346 e. The number of nitriles is 1. The van der Waals surface area contributed by atoms with Crippen LogP contribution >= 0.6 is 11.3 Å². The van der Waals surface area contributed by atoms with Crippen LogP contribution in [0.5, 0.6) is 0 Å². The fourth-order valence-corrected chi connectivity index (χ4v) is 3.58. The minimum atomic E-state index is -1.26. The SMILES string of the molecule is N#C/C(=C\c1ccc(-c2nnc(-c3ccc(-c4ccccc4)cc3)o2)s1)C(=O)O. The van der Waals surface area contributed by atoms with Gasteiger partial charge < -0.3 is 9.52 Å². The molecule has 0 radical (unpaired) electrons. The van der Waals surface area contributed by atoms with Crippen molar-refractivity contribution in [3.05, 3.63) is 77.2 Å². The monoisotopic (exact) mass is 399 g/mol. The van der Waals surface area contributed by atoms with E-state index in [0.29, 0.717) is 21.5 Å². The van der Waals surface area contributed by atoms with Crippen molar-refractivity contribution in [3.8, 4) is 39.4 Å². The lowest BCUT2D eigenvalue weighted by Crippen LogP contribution is -1.96. The molecule has 4 rings (SSSR count). The number of hydrogen-bond donors (Lipinski definition) is 1. The predicted molar refractivity (Wildman–Crippen MR) is 110 cm³/mol. The number of thiophene rings is 1. The number of carboxylic acids is 1. The molecule has 0 atom stereocenters. The van der Waals surface area contributed by atoms with Crippen LogP contribution in [-0.4, -0.2) is 21.3 Å². The van der Waals surface area contributed by atoms with Crippen LogP contribution in [0.3, 0.4) is 0 Å². The molecule has 0 aliphatic rings. The van der Waals surface area contributed by atoms with Gasteiger partial charge >= 0.3 is 5.97 Å². The van der Waals surface area contributed by atoms with E-state index in [-0.39, 0.29) is 5.57 Å². The van der Waals surface area contributed by atoms with Crippen molar-refractivity contribution in [3.63, 3.8) is 0 Å². The highest BCUT2D eigenvalue weighted by molar-refractivity contribution is 7.16. The Labute approximate surface area is 170 Å². The summed E-state index contributed by atoms with van der Waals surface area (Å²) < 4.78 is 5.78. The van der Waals surface area contributed by atoms with Crippen LogP contribution in [-0.2, 0) is 4.79 Å². The molecule has 2 aromatic carbocycles. The van der Waals surface area contributed by atoms with Crippen molar-refractivity contribution in [2.24, 2.45) is 0 Å². The van der Waals surface area contributed by atoms with Gasteiger partial charge in [0.2, 0.25) is 5.89 Å². The van der Waals surface area contributed by atoms with E-state index in [1.807, 2.05) is 54.6 Å². The van der Waals surface area contributed by atoms with Crippen LogP contribution in [0, 0.1) is 11.3 Å². The molecular weight excluding hydrogens is 386 g/mol. The van der Waals surface area contributed by atoms with E-state index >= 15 is 0 Å². The van der Waals surface area contributed by atoms with E-state index in [4.69, 9.17) is 14.8 Å². The Balaban J connectivity index is 1.56. The molecule has 0 saturated heterocycles. The largest absolute Gasteiger partial charge is 0.477 e. The topological polar surface area (TPSA) is 100 Å². The van der Waals surface area contributed by atoms with Crippen LogP contribution in [0.1, 0.15) is 4.88 Å². The highest BCUT2D eigenvalue weighted by atomic mass is 32.1. The van der Waals surface area contributed by atoms with Gasteiger partial charge in [0.25, 0.3) is 5.89 Å². The summed E-state index contributed by atoms with van der Waals surface area (Å²) in [6.07, 6.45) is 1.32. The number of carboxylic acid groups (broad SMARTS) is 1. The molecule has 0 aliphatic heterocycles. The zero-order valence-corrected chi connectivity index (χ0v) is 15.8. The highest BCUT2D eigenvalue weighted by Crippen LogP contribution is 2.31. The standard InChI is InChI=1S/C22H13N3O3S/c23-13-17(22(26)27)12-18-10-11-19(29-18)21-25-24-20(28-21)16-8-6-15(7-9-16)14-4-2-1-3-5-14/h1-12H,(H,26,27)/b17-12+. The molecule has 6 nitrogen and oxygen atoms in total. The molecule has 29 heavy (non-hydrogen) atoms. The van der Waals surface area contributed by atoms with Crippen molar-refractivity contribution >= 4 is 23.4 Å². The predicted octanol–water partition coefficient (Wildman–Crippen LogP) is 5.12. The summed E-state index contributed by atoms with van der Waals surface area (Å²) in [6, 6.07) is 23.0. The lowest BCUT2D eigenvalue weighted by atomic mass is 10.0. The summed E-state index contributed by atoms with van der Waals surface area (Å²) >= 11 is 1.27. The normalized spacial score (nSPS) is 11.2. The quantitative estimate of drug-likeness (QED) is 0.369. The van der Waals surface area contributed by atoms with Crippen LogP contribution in [0.2, 0.25) is 0 Å². The van der Waals surface area contributed by atoms with Gasteiger partial charge in [-0.1, -0.05) is 42.5 Å². The fraction of sp³-hybridized carbons (Fsp3) is 0. The number of nitrogens with zero attached hydrogens (tertiary/aromatic N) is 3. The van der Waals surface area contributed by atoms with E-state index < -0.39 is 5.97 Å². The number of benzene rings is 2. The van der Waals surface area contributed by atoms with Gasteiger partial charge in [-0.05, 0) is 41.5 Å². The van der Waals surface area contributed by atoms with Crippen molar-refractivity contribution in [1.82, 2.24) is 10.2 Å². The molecular formula is C22H13N3O3S. The average Bonchev–Trinajstić information content (AvgIpc) is 3.42. The van der Waals surface area contributed by atoms with Gasteiger partial charge in [0.05, 0.1) is 4.88 Å². The maximum absolute atomic E-state index is 11.0. The number of aromatic nitrogens is 2. The zero-order valence-electron chi connectivity index (χ0n) is 14.9. The molecule has 7 heteroatoms. The first-order chi connectivity index (χ1) is 14.1. The Morgan fingerprint density at radius 2 is 1.59 bits per heavy atom. The third-order valence-corrected chi connectivity index (χ3v) is 5.16. The molecule has 0 fully saturated rings. The van der Waals surface area contributed by atoms with Gasteiger partial charge in [0, 0.05) is 10.4 Å². The van der Waals surface area contributed by atoms with E-state index in [2.05, 4.69) is 10.2 Å². The number of rotatable bonds is 5. The first-order valence-corrected chi connectivity index (χ1v) is 9.40. The third-order valence-electron chi connectivity index (χ3n) is 4.14. The van der Waals surface area contributed by atoms with E-state index in [9.17, 15) is 4.79 Å².